The molecule has 2 heteroatoms. The van der Waals surface area contributed by atoms with Crippen LogP contribution in [0.15, 0.2) is 192 Å². The van der Waals surface area contributed by atoms with E-state index >= 15 is 0 Å². The summed E-state index contributed by atoms with van der Waals surface area (Å²) in [6.07, 6.45) is 0. The summed E-state index contributed by atoms with van der Waals surface area (Å²) in [6, 6.07) is 67.9. The third kappa shape index (κ3) is 4.09. The average molecular weight is 662 g/mol. The molecule has 11 rings (SSSR count). The van der Waals surface area contributed by atoms with Gasteiger partial charge in [-0.2, -0.15) is 0 Å². The smallest absolute Gasteiger partial charge is 0.227 e. The van der Waals surface area contributed by atoms with E-state index in [2.05, 4.69) is 170 Å². The fraction of sp³-hybridized carbons (Fsp3) is 0.0200. The molecule has 1 heterocycles. The number of oxazole rings is 1. The molecular weight excluding hydrogens is 631 g/mol. The molecule has 2 aliphatic rings. The molecule has 2 nitrogen and oxygen atoms in total. The van der Waals surface area contributed by atoms with Crippen LogP contribution in [0.1, 0.15) is 22.3 Å². The normalized spacial score (nSPS) is 13.2. The largest absolute Gasteiger partial charge is 0.435 e. The zero-order chi connectivity index (χ0) is 34.2. The molecule has 9 aromatic rings. The molecule has 0 unspecified atom stereocenters. The summed E-state index contributed by atoms with van der Waals surface area (Å²) in [5, 5.41) is 0. The fourth-order valence-electron chi connectivity index (χ4n) is 8.87. The Bertz CT molecular complexity index is 2770. The van der Waals surface area contributed by atoms with Gasteiger partial charge in [0.1, 0.15) is 5.52 Å². The minimum absolute atomic E-state index is 0.399. The van der Waals surface area contributed by atoms with E-state index < -0.39 is 5.41 Å². The molecule has 0 saturated carbocycles. The number of fused-ring (bicyclic) bond motifs is 11. The second kappa shape index (κ2) is 11.1. The summed E-state index contributed by atoms with van der Waals surface area (Å²) >= 11 is 0. The first-order valence-electron chi connectivity index (χ1n) is 17.9. The Hall–Kier alpha value is -6.77. The van der Waals surface area contributed by atoms with Crippen molar-refractivity contribution in [1.82, 2.24) is 4.98 Å². The van der Waals surface area contributed by atoms with Gasteiger partial charge in [-0.1, -0.05) is 158 Å². The van der Waals surface area contributed by atoms with E-state index in [1.807, 2.05) is 18.2 Å². The molecule has 52 heavy (non-hydrogen) atoms. The lowest BCUT2D eigenvalue weighted by molar-refractivity contribution is 0.621. The van der Waals surface area contributed by atoms with Crippen LogP contribution in [-0.2, 0) is 5.41 Å². The second-order valence-electron chi connectivity index (χ2n) is 13.8. The summed E-state index contributed by atoms with van der Waals surface area (Å²) in [4.78, 5) is 5.09. The van der Waals surface area contributed by atoms with Crippen LogP contribution >= 0.6 is 0 Å². The van der Waals surface area contributed by atoms with Crippen molar-refractivity contribution in [2.45, 2.75) is 5.41 Å². The van der Waals surface area contributed by atoms with Crippen LogP contribution in [0.2, 0.25) is 0 Å². The highest BCUT2D eigenvalue weighted by Gasteiger charge is 2.51. The summed E-state index contributed by atoms with van der Waals surface area (Å²) < 4.78 is 6.60. The van der Waals surface area contributed by atoms with Crippen LogP contribution in [0.5, 0.6) is 0 Å². The van der Waals surface area contributed by atoms with Gasteiger partial charge < -0.3 is 4.42 Å². The zero-order valence-corrected chi connectivity index (χ0v) is 28.3. The maximum Gasteiger partial charge on any atom is 0.227 e. The topological polar surface area (TPSA) is 26.0 Å². The lowest BCUT2D eigenvalue weighted by Crippen LogP contribution is -2.25. The average Bonchev–Trinajstić information content (AvgIpc) is 3.88. The van der Waals surface area contributed by atoms with Crippen molar-refractivity contribution in [3.8, 4) is 67.1 Å². The van der Waals surface area contributed by atoms with E-state index in [0.717, 1.165) is 38.9 Å². The molecule has 0 saturated heterocycles. The third-order valence-electron chi connectivity index (χ3n) is 11.1. The SMILES string of the molecule is c1ccc(-c2ccc(-c3cc(-c4ccc5c(c4)C4(c6ccccc6-c6ccccc64)c4ccccc4-5)cc4nc(-c5ccccc5)oc34)cc2)cc1. The van der Waals surface area contributed by atoms with E-state index in [4.69, 9.17) is 9.40 Å². The summed E-state index contributed by atoms with van der Waals surface area (Å²) in [7, 11) is 0. The molecule has 2 aliphatic carbocycles. The maximum absolute atomic E-state index is 6.60. The number of aromatic nitrogens is 1. The van der Waals surface area contributed by atoms with Crippen LogP contribution in [-0.4, -0.2) is 4.98 Å². The molecule has 1 aromatic heterocycles. The molecule has 8 aromatic carbocycles. The highest BCUT2D eigenvalue weighted by Crippen LogP contribution is 2.63. The summed E-state index contributed by atoms with van der Waals surface area (Å²) in [5.74, 6) is 0.623. The molecule has 1 spiro atoms. The molecule has 0 atom stereocenters. The van der Waals surface area contributed by atoms with Gasteiger partial charge in [0.05, 0.1) is 5.41 Å². The number of hydrogen-bond donors (Lipinski definition) is 0. The Kier molecular flexibility index (Phi) is 6.20. The second-order valence-corrected chi connectivity index (χ2v) is 13.8. The Morgan fingerprint density at radius 2 is 0.808 bits per heavy atom. The van der Waals surface area contributed by atoms with E-state index in [-0.39, 0.29) is 0 Å². The molecule has 0 aliphatic heterocycles. The lowest BCUT2D eigenvalue weighted by atomic mass is 9.70. The number of rotatable bonds is 4. The minimum atomic E-state index is -0.399. The van der Waals surface area contributed by atoms with Crippen molar-refractivity contribution in [2.24, 2.45) is 0 Å². The van der Waals surface area contributed by atoms with E-state index in [9.17, 15) is 0 Å². The minimum Gasteiger partial charge on any atom is -0.435 e. The Morgan fingerprint density at radius 1 is 0.327 bits per heavy atom. The number of benzene rings is 8. The maximum atomic E-state index is 6.60. The first-order valence-corrected chi connectivity index (χ1v) is 17.9. The zero-order valence-electron chi connectivity index (χ0n) is 28.3. The van der Waals surface area contributed by atoms with Gasteiger partial charge in [0.25, 0.3) is 0 Å². The van der Waals surface area contributed by atoms with Crippen molar-refractivity contribution in [1.29, 1.82) is 0 Å². The molecule has 242 valence electrons. The van der Waals surface area contributed by atoms with Crippen molar-refractivity contribution in [3.05, 3.63) is 210 Å². The Labute approximate surface area is 302 Å². The summed E-state index contributed by atoms with van der Waals surface area (Å²) in [5.41, 5.74) is 19.5. The van der Waals surface area contributed by atoms with Crippen LogP contribution in [0.4, 0.5) is 0 Å². The highest BCUT2D eigenvalue weighted by atomic mass is 16.3. The van der Waals surface area contributed by atoms with Gasteiger partial charge >= 0.3 is 0 Å². The van der Waals surface area contributed by atoms with Crippen LogP contribution in [0.3, 0.4) is 0 Å². The van der Waals surface area contributed by atoms with Gasteiger partial charge in [-0.25, -0.2) is 4.98 Å². The molecule has 0 amide bonds. The molecule has 0 radical (unpaired) electrons. The standard InChI is InChI=1S/C50H31NO/c1-3-13-32(14-4-1)33-23-25-34(26-24-33)42-29-37(31-47-48(42)52-49(51-47)35-15-5-2-6-16-35)36-27-28-41-40-19-9-12-22-45(40)50(46(41)30-36)43-20-10-7-17-38(43)39-18-8-11-21-44(39)50/h1-31H. The molecule has 0 bridgehead atoms. The van der Waals surface area contributed by atoms with Gasteiger partial charge in [0.15, 0.2) is 5.58 Å². The lowest BCUT2D eigenvalue weighted by Gasteiger charge is -2.30. The van der Waals surface area contributed by atoms with Gasteiger partial charge in [0.2, 0.25) is 5.89 Å². The summed E-state index contributed by atoms with van der Waals surface area (Å²) in [6.45, 7) is 0. The predicted octanol–water partition coefficient (Wildman–Crippen LogP) is 12.8. The van der Waals surface area contributed by atoms with Gasteiger partial charge in [0, 0.05) is 11.1 Å². The number of hydrogen-bond acceptors (Lipinski definition) is 2. The molecular formula is C50H31NO. The van der Waals surface area contributed by atoms with Crippen LogP contribution < -0.4 is 0 Å². The van der Waals surface area contributed by atoms with E-state index in [1.165, 1.54) is 55.6 Å². The first kappa shape index (κ1) is 29.0. The van der Waals surface area contributed by atoms with E-state index in [1.54, 1.807) is 0 Å². The van der Waals surface area contributed by atoms with Crippen molar-refractivity contribution >= 4 is 11.1 Å². The Morgan fingerprint density at radius 3 is 1.42 bits per heavy atom. The van der Waals surface area contributed by atoms with Crippen LogP contribution in [0, 0.1) is 0 Å². The fourth-order valence-corrected chi connectivity index (χ4v) is 8.87. The van der Waals surface area contributed by atoms with Gasteiger partial charge in [-0.05, 0) is 103 Å². The highest BCUT2D eigenvalue weighted by molar-refractivity contribution is 5.99. The van der Waals surface area contributed by atoms with Crippen molar-refractivity contribution in [3.63, 3.8) is 0 Å². The van der Waals surface area contributed by atoms with Crippen LogP contribution in [0.25, 0.3) is 78.2 Å². The third-order valence-corrected chi connectivity index (χ3v) is 11.1. The molecule has 0 fully saturated rings. The van der Waals surface area contributed by atoms with Crippen molar-refractivity contribution < 1.29 is 4.42 Å². The monoisotopic (exact) mass is 661 g/mol. The quantitative estimate of drug-likeness (QED) is 0.188. The molecule has 0 N–H and O–H groups in total. The van der Waals surface area contributed by atoms with Crippen molar-refractivity contribution in [2.75, 3.05) is 0 Å². The number of nitrogens with zero attached hydrogens (tertiary/aromatic N) is 1. The predicted molar refractivity (Wildman–Crippen MR) is 212 cm³/mol. The van der Waals surface area contributed by atoms with Gasteiger partial charge in [-0.15, -0.1) is 0 Å². The van der Waals surface area contributed by atoms with E-state index in [0.29, 0.717) is 5.89 Å². The first-order chi connectivity index (χ1) is 25.8. The van der Waals surface area contributed by atoms with Gasteiger partial charge in [-0.3, -0.25) is 0 Å². The Balaban J connectivity index is 1.14.